The number of anilines is 2. The van der Waals surface area contributed by atoms with Crippen molar-refractivity contribution in [3.8, 4) is 5.75 Å². The van der Waals surface area contributed by atoms with Crippen molar-refractivity contribution in [1.82, 2.24) is 10.2 Å². The Labute approximate surface area is 154 Å². The fraction of sp³-hybridized carbons (Fsp3) is 0.556. The van der Waals surface area contributed by atoms with Crippen molar-refractivity contribution in [2.75, 3.05) is 37.9 Å². The normalized spacial score (nSPS) is 20.1. The highest BCUT2D eigenvalue weighted by atomic mass is 16.5. The molecule has 2 atom stereocenters. The second-order valence-corrected chi connectivity index (χ2v) is 6.62. The monoisotopic (exact) mass is 364 g/mol. The molecule has 1 heterocycles. The summed E-state index contributed by atoms with van der Waals surface area (Å²) in [5.41, 5.74) is 1.05. The molecule has 0 bridgehead atoms. The molecule has 0 saturated carbocycles. The van der Waals surface area contributed by atoms with E-state index in [1.54, 1.807) is 25.3 Å². The van der Waals surface area contributed by atoms with Crippen LogP contribution in [0.2, 0.25) is 0 Å². The van der Waals surface area contributed by atoms with Gasteiger partial charge in [0.25, 0.3) is 0 Å². The molecule has 3 amide bonds. The fourth-order valence-corrected chi connectivity index (χ4v) is 3.02. The standard InChI is InChI=1S/C18H28N4O4/c1-11(2)22-9-15(17(10-22)26-5)21-18(24)20-14-8-13(19-12(3)23)6-7-16(14)25-4/h6-8,11,15,17H,9-10H2,1-5H3,(H,19,23)(H2,20,21,24)/t15-,17-/m1/s1. The van der Waals surface area contributed by atoms with E-state index in [0.29, 0.717) is 23.2 Å². The van der Waals surface area contributed by atoms with Gasteiger partial charge in [-0.1, -0.05) is 0 Å². The summed E-state index contributed by atoms with van der Waals surface area (Å²) in [5, 5.41) is 8.44. The lowest BCUT2D eigenvalue weighted by molar-refractivity contribution is -0.114. The molecule has 3 N–H and O–H groups in total. The SMILES string of the molecule is COc1ccc(NC(C)=O)cc1NC(=O)N[C@@H]1CN(C(C)C)C[C@H]1OC. The van der Waals surface area contributed by atoms with E-state index in [0.717, 1.165) is 13.1 Å². The molecule has 1 saturated heterocycles. The number of rotatable bonds is 6. The minimum absolute atomic E-state index is 0.0595. The Morgan fingerprint density at radius 2 is 1.92 bits per heavy atom. The van der Waals surface area contributed by atoms with E-state index in [4.69, 9.17) is 9.47 Å². The Kier molecular flexibility index (Phi) is 6.82. The lowest BCUT2D eigenvalue weighted by Gasteiger charge is -2.20. The van der Waals surface area contributed by atoms with E-state index in [2.05, 4.69) is 34.7 Å². The van der Waals surface area contributed by atoms with E-state index in [1.165, 1.54) is 14.0 Å². The number of urea groups is 1. The largest absolute Gasteiger partial charge is 0.495 e. The molecule has 8 heteroatoms. The zero-order chi connectivity index (χ0) is 19.3. The minimum atomic E-state index is -0.346. The number of methoxy groups -OCH3 is 2. The van der Waals surface area contributed by atoms with E-state index < -0.39 is 0 Å². The average molecular weight is 364 g/mol. The maximum atomic E-state index is 12.5. The number of hydrogen-bond acceptors (Lipinski definition) is 5. The van der Waals surface area contributed by atoms with E-state index >= 15 is 0 Å². The number of nitrogens with one attached hydrogen (secondary N) is 3. The molecule has 1 fully saturated rings. The number of amides is 3. The van der Waals surface area contributed by atoms with Gasteiger partial charge in [0, 0.05) is 38.9 Å². The number of carbonyl (C=O) groups is 2. The fourth-order valence-electron chi connectivity index (χ4n) is 3.02. The second kappa shape index (κ2) is 8.86. The van der Waals surface area contributed by atoms with Crippen LogP contribution in [0.1, 0.15) is 20.8 Å². The van der Waals surface area contributed by atoms with Gasteiger partial charge in [0.2, 0.25) is 5.91 Å². The first kappa shape index (κ1) is 20.0. The Bertz CT molecular complexity index is 650. The predicted molar refractivity (Wildman–Crippen MR) is 101 cm³/mol. The van der Waals surface area contributed by atoms with Crippen LogP contribution in [0.3, 0.4) is 0 Å². The number of ether oxygens (including phenoxy) is 2. The Hall–Kier alpha value is -2.32. The molecular formula is C18H28N4O4. The van der Waals surface area contributed by atoms with Crippen LogP contribution in [0.15, 0.2) is 18.2 Å². The van der Waals surface area contributed by atoms with E-state index in [1.807, 2.05) is 0 Å². The van der Waals surface area contributed by atoms with Crippen LogP contribution in [0, 0.1) is 0 Å². The van der Waals surface area contributed by atoms with Gasteiger partial charge in [-0.3, -0.25) is 9.69 Å². The molecule has 26 heavy (non-hydrogen) atoms. The third-order valence-corrected chi connectivity index (χ3v) is 4.41. The van der Waals surface area contributed by atoms with Crippen molar-refractivity contribution < 1.29 is 19.1 Å². The Morgan fingerprint density at radius 3 is 2.50 bits per heavy atom. The quantitative estimate of drug-likeness (QED) is 0.717. The summed E-state index contributed by atoms with van der Waals surface area (Å²) < 4.78 is 10.8. The van der Waals surface area contributed by atoms with Crippen molar-refractivity contribution in [1.29, 1.82) is 0 Å². The molecule has 0 radical (unpaired) electrons. The molecule has 1 aromatic carbocycles. The molecule has 1 aliphatic heterocycles. The predicted octanol–water partition coefficient (Wildman–Crippen LogP) is 1.88. The number of nitrogens with zero attached hydrogens (tertiary/aromatic N) is 1. The smallest absolute Gasteiger partial charge is 0.319 e. The highest BCUT2D eigenvalue weighted by Gasteiger charge is 2.35. The third-order valence-electron chi connectivity index (χ3n) is 4.41. The van der Waals surface area contributed by atoms with Crippen molar-refractivity contribution in [2.24, 2.45) is 0 Å². The number of carbonyl (C=O) groups excluding carboxylic acids is 2. The van der Waals surface area contributed by atoms with Crippen LogP contribution >= 0.6 is 0 Å². The Morgan fingerprint density at radius 1 is 1.19 bits per heavy atom. The van der Waals surface area contributed by atoms with Crippen molar-refractivity contribution in [2.45, 2.75) is 39.0 Å². The summed E-state index contributed by atoms with van der Waals surface area (Å²) in [4.78, 5) is 26.0. The molecule has 0 spiro atoms. The number of benzene rings is 1. The van der Waals surface area contributed by atoms with E-state index in [-0.39, 0.29) is 24.1 Å². The summed E-state index contributed by atoms with van der Waals surface area (Å²) >= 11 is 0. The summed E-state index contributed by atoms with van der Waals surface area (Å²) in [7, 11) is 3.18. The van der Waals surface area contributed by atoms with Crippen LogP contribution in [0.5, 0.6) is 5.75 Å². The van der Waals surface area contributed by atoms with Crippen molar-refractivity contribution in [3.05, 3.63) is 18.2 Å². The van der Waals surface area contributed by atoms with Gasteiger partial charge in [-0.25, -0.2) is 4.79 Å². The zero-order valence-corrected chi connectivity index (χ0v) is 16.0. The van der Waals surface area contributed by atoms with Crippen LogP contribution in [-0.4, -0.2) is 62.3 Å². The van der Waals surface area contributed by atoms with Crippen LogP contribution in [0.4, 0.5) is 16.2 Å². The van der Waals surface area contributed by atoms with Gasteiger partial charge < -0.3 is 25.4 Å². The molecule has 1 aliphatic rings. The first-order valence-corrected chi connectivity index (χ1v) is 8.64. The van der Waals surface area contributed by atoms with Gasteiger partial charge in [-0.15, -0.1) is 0 Å². The summed E-state index contributed by atoms with van der Waals surface area (Å²) in [5.74, 6) is 0.320. The molecule has 144 valence electrons. The summed E-state index contributed by atoms with van der Waals surface area (Å²) in [6.07, 6.45) is -0.0595. The van der Waals surface area contributed by atoms with Crippen LogP contribution < -0.4 is 20.7 Å². The number of likely N-dealkylation sites (tertiary alicyclic amines) is 1. The molecule has 1 aromatic rings. The van der Waals surface area contributed by atoms with Gasteiger partial charge in [0.1, 0.15) is 5.75 Å². The average Bonchev–Trinajstić information content (AvgIpc) is 2.97. The van der Waals surface area contributed by atoms with Crippen molar-refractivity contribution in [3.63, 3.8) is 0 Å². The molecule has 0 aliphatic carbocycles. The van der Waals surface area contributed by atoms with E-state index in [9.17, 15) is 9.59 Å². The number of hydrogen-bond donors (Lipinski definition) is 3. The topological polar surface area (TPSA) is 91.9 Å². The summed E-state index contributed by atoms with van der Waals surface area (Å²) in [6, 6.07) is 4.99. The second-order valence-electron chi connectivity index (χ2n) is 6.62. The van der Waals surface area contributed by atoms with Gasteiger partial charge in [0.05, 0.1) is 24.9 Å². The lowest BCUT2D eigenvalue weighted by atomic mass is 10.2. The lowest BCUT2D eigenvalue weighted by Crippen LogP contribution is -2.45. The van der Waals surface area contributed by atoms with Crippen LogP contribution in [-0.2, 0) is 9.53 Å². The minimum Gasteiger partial charge on any atom is -0.495 e. The van der Waals surface area contributed by atoms with Gasteiger partial charge in [-0.2, -0.15) is 0 Å². The van der Waals surface area contributed by atoms with Gasteiger partial charge in [0.15, 0.2) is 0 Å². The highest BCUT2D eigenvalue weighted by Crippen LogP contribution is 2.28. The zero-order valence-electron chi connectivity index (χ0n) is 16.0. The first-order valence-electron chi connectivity index (χ1n) is 8.64. The molecule has 0 unspecified atom stereocenters. The van der Waals surface area contributed by atoms with Crippen LogP contribution in [0.25, 0.3) is 0 Å². The third kappa shape index (κ3) is 5.09. The summed E-state index contributed by atoms with van der Waals surface area (Å²) in [6.45, 7) is 7.17. The maximum Gasteiger partial charge on any atom is 0.319 e. The Balaban J connectivity index is 2.05. The molecule has 8 nitrogen and oxygen atoms in total. The highest BCUT2D eigenvalue weighted by molar-refractivity contribution is 5.94. The van der Waals surface area contributed by atoms with Gasteiger partial charge >= 0.3 is 6.03 Å². The van der Waals surface area contributed by atoms with Gasteiger partial charge in [-0.05, 0) is 32.0 Å². The first-order chi connectivity index (χ1) is 12.3. The molecular weight excluding hydrogens is 336 g/mol. The maximum absolute atomic E-state index is 12.5. The van der Waals surface area contributed by atoms with Crippen molar-refractivity contribution >= 4 is 23.3 Å². The molecule has 2 rings (SSSR count). The molecule has 0 aromatic heterocycles.